The highest BCUT2D eigenvalue weighted by Crippen LogP contribution is 2.17. The molecule has 0 aliphatic carbocycles. The highest BCUT2D eigenvalue weighted by molar-refractivity contribution is 7.89. The number of sulfonamides is 1. The molecular formula is C17H17Cl2N3O3S. The molecule has 9 heteroatoms. The lowest BCUT2D eigenvalue weighted by Crippen LogP contribution is -2.36. The van der Waals surface area contributed by atoms with Gasteiger partial charge in [-0.05, 0) is 48.9 Å². The van der Waals surface area contributed by atoms with E-state index in [2.05, 4.69) is 10.5 Å². The molecule has 0 heterocycles. The van der Waals surface area contributed by atoms with Gasteiger partial charge in [-0.15, -0.1) is 0 Å². The Kier molecular flexibility index (Phi) is 6.77. The fourth-order valence-corrected chi connectivity index (χ4v) is 3.48. The van der Waals surface area contributed by atoms with Crippen LogP contribution in [0.25, 0.3) is 0 Å². The normalized spacial score (nSPS) is 12.3. The van der Waals surface area contributed by atoms with Gasteiger partial charge in [-0.2, -0.15) is 9.41 Å². The average molecular weight is 414 g/mol. The highest BCUT2D eigenvalue weighted by atomic mass is 35.5. The average Bonchev–Trinajstić information content (AvgIpc) is 2.60. The highest BCUT2D eigenvalue weighted by Gasteiger charge is 2.22. The van der Waals surface area contributed by atoms with Crippen LogP contribution in [0.15, 0.2) is 58.5 Å². The van der Waals surface area contributed by atoms with Gasteiger partial charge in [0.1, 0.15) is 0 Å². The minimum Gasteiger partial charge on any atom is -0.272 e. The SMILES string of the molecule is C/C(=N/NC(=O)CN(C)S(=O)(=O)c1ccc(Cl)cc1)c1cccc(Cl)c1. The summed E-state index contributed by atoms with van der Waals surface area (Å²) < 4.78 is 25.8. The van der Waals surface area contributed by atoms with Crippen LogP contribution in [0.5, 0.6) is 0 Å². The molecule has 2 aromatic carbocycles. The van der Waals surface area contributed by atoms with Crippen LogP contribution in [-0.4, -0.2) is 37.9 Å². The number of likely N-dealkylation sites (N-methyl/N-ethyl adjacent to an activating group) is 1. The van der Waals surface area contributed by atoms with Crippen molar-refractivity contribution >= 4 is 44.8 Å². The lowest BCUT2D eigenvalue weighted by atomic mass is 10.1. The summed E-state index contributed by atoms with van der Waals surface area (Å²) in [6.07, 6.45) is 0. The Balaban J connectivity index is 2.02. The second kappa shape index (κ2) is 8.64. The van der Waals surface area contributed by atoms with Gasteiger partial charge in [0.15, 0.2) is 0 Å². The number of amides is 1. The van der Waals surface area contributed by atoms with E-state index in [1.54, 1.807) is 31.2 Å². The number of hydrazone groups is 1. The van der Waals surface area contributed by atoms with E-state index in [4.69, 9.17) is 23.2 Å². The zero-order valence-corrected chi connectivity index (χ0v) is 16.4. The van der Waals surface area contributed by atoms with E-state index in [-0.39, 0.29) is 11.4 Å². The Morgan fingerprint density at radius 1 is 1.12 bits per heavy atom. The van der Waals surface area contributed by atoms with Gasteiger partial charge < -0.3 is 0 Å². The zero-order chi connectivity index (χ0) is 19.3. The Morgan fingerprint density at radius 3 is 2.38 bits per heavy atom. The maximum absolute atomic E-state index is 12.4. The summed E-state index contributed by atoms with van der Waals surface area (Å²) in [5.74, 6) is -0.564. The summed E-state index contributed by atoms with van der Waals surface area (Å²) in [5.41, 5.74) is 3.64. The van der Waals surface area contributed by atoms with Gasteiger partial charge in [0.2, 0.25) is 10.0 Å². The molecular weight excluding hydrogens is 397 g/mol. The standard InChI is InChI=1S/C17H17Cl2N3O3S/c1-12(13-4-3-5-15(19)10-13)20-21-17(23)11-22(2)26(24,25)16-8-6-14(18)7-9-16/h3-10H,11H2,1-2H3,(H,21,23)/b20-12-. The van der Waals surface area contributed by atoms with E-state index in [1.165, 1.54) is 31.3 Å². The first kappa shape index (κ1) is 20.4. The van der Waals surface area contributed by atoms with Crippen molar-refractivity contribution in [2.24, 2.45) is 5.10 Å². The summed E-state index contributed by atoms with van der Waals surface area (Å²) >= 11 is 11.7. The van der Waals surface area contributed by atoms with Crippen LogP contribution in [0.2, 0.25) is 10.0 Å². The number of carbonyl (C=O) groups excluding carboxylic acids is 1. The molecule has 0 saturated carbocycles. The molecule has 0 unspecified atom stereocenters. The molecule has 0 fully saturated rings. The van der Waals surface area contributed by atoms with Crippen molar-refractivity contribution in [2.45, 2.75) is 11.8 Å². The molecule has 2 rings (SSSR count). The number of nitrogens with one attached hydrogen (secondary N) is 1. The Hall–Kier alpha value is -1.93. The predicted octanol–water partition coefficient (Wildman–Crippen LogP) is 3.15. The van der Waals surface area contributed by atoms with E-state index in [0.29, 0.717) is 15.8 Å². The van der Waals surface area contributed by atoms with Crippen molar-refractivity contribution in [2.75, 3.05) is 13.6 Å². The van der Waals surface area contributed by atoms with Crippen LogP contribution >= 0.6 is 23.2 Å². The van der Waals surface area contributed by atoms with Crippen molar-refractivity contribution in [1.82, 2.24) is 9.73 Å². The first-order valence-electron chi connectivity index (χ1n) is 7.51. The van der Waals surface area contributed by atoms with Gasteiger partial charge in [0, 0.05) is 17.1 Å². The van der Waals surface area contributed by atoms with Gasteiger partial charge in [-0.3, -0.25) is 4.79 Å². The van der Waals surface area contributed by atoms with Crippen molar-refractivity contribution in [3.05, 3.63) is 64.1 Å². The lowest BCUT2D eigenvalue weighted by Gasteiger charge is -2.16. The zero-order valence-electron chi connectivity index (χ0n) is 14.1. The van der Waals surface area contributed by atoms with Gasteiger partial charge >= 0.3 is 0 Å². The number of rotatable bonds is 6. The van der Waals surface area contributed by atoms with Crippen LogP contribution in [-0.2, 0) is 14.8 Å². The largest absolute Gasteiger partial charge is 0.272 e. The monoisotopic (exact) mass is 413 g/mol. The van der Waals surface area contributed by atoms with Crippen molar-refractivity contribution < 1.29 is 13.2 Å². The molecule has 0 bridgehead atoms. The summed E-state index contributed by atoms with van der Waals surface area (Å²) in [6, 6.07) is 12.7. The maximum Gasteiger partial charge on any atom is 0.255 e. The maximum atomic E-state index is 12.4. The Morgan fingerprint density at radius 2 is 1.77 bits per heavy atom. The molecule has 0 aliphatic heterocycles. The topological polar surface area (TPSA) is 78.8 Å². The number of hydrogen-bond acceptors (Lipinski definition) is 4. The van der Waals surface area contributed by atoms with E-state index in [9.17, 15) is 13.2 Å². The minimum atomic E-state index is -3.80. The van der Waals surface area contributed by atoms with E-state index in [1.807, 2.05) is 0 Å². The summed E-state index contributed by atoms with van der Waals surface area (Å²) in [4.78, 5) is 12.1. The number of hydrogen-bond donors (Lipinski definition) is 1. The van der Waals surface area contributed by atoms with E-state index in [0.717, 1.165) is 9.87 Å². The molecule has 0 spiro atoms. The van der Waals surface area contributed by atoms with Crippen LogP contribution in [0.1, 0.15) is 12.5 Å². The number of carbonyl (C=O) groups is 1. The van der Waals surface area contributed by atoms with Crippen molar-refractivity contribution in [3.8, 4) is 0 Å². The number of halogens is 2. The van der Waals surface area contributed by atoms with Crippen LogP contribution in [0.4, 0.5) is 0 Å². The van der Waals surface area contributed by atoms with Crippen LogP contribution in [0, 0.1) is 0 Å². The van der Waals surface area contributed by atoms with Gasteiger partial charge in [-0.1, -0.05) is 35.3 Å². The molecule has 6 nitrogen and oxygen atoms in total. The van der Waals surface area contributed by atoms with E-state index < -0.39 is 15.9 Å². The first-order chi connectivity index (χ1) is 12.2. The predicted molar refractivity (Wildman–Crippen MR) is 103 cm³/mol. The molecule has 138 valence electrons. The molecule has 0 aliphatic rings. The second-order valence-corrected chi connectivity index (χ2v) is 8.38. The van der Waals surface area contributed by atoms with Crippen LogP contribution in [0.3, 0.4) is 0 Å². The third-order valence-corrected chi connectivity index (χ3v) is 5.78. The van der Waals surface area contributed by atoms with Crippen molar-refractivity contribution in [3.63, 3.8) is 0 Å². The van der Waals surface area contributed by atoms with Crippen LogP contribution < -0.4 is 5.43 Å². The minimum absolute atomic E-state index is 0.0517. The van der Waals surface area contributed by atoms with Gasteiger partial charge in [-0.25, -0.2) is 13.8 Å². The second-order valence-electron chi connectivity index (χ2n) is 5.46. The van der Waals surface area contributed by atoms with Gasteiger partial charge in [0.05, 0.1) is 17.2 Å². The molecule has 0 aromatic heterocycles. The summed E-state index contributed by atoms with van der Waals surface area (Å²) in [5, 5.41) is 4.95. The first-order valence-corrected chi connectivity index (χ1v) is 9.71. The molecule has 1 N–H and O–H groups in total. The smallest absolute Gasteiger partial charge is 0.255 e. The Bertz CT molecular complexity index is 929. The number of nitrogens with zero attached hydrogens (tertiary/aromatic N) is 2. The van der Waals surface area contributed by atoms with Crippen molar-refractivity contribution in [1.29, 1.82) is 0 Å². The number of benzene rings is 2. The lowest BCUT2D eigenvalue weighted by molar-refractivity contribution is -0.121. The van der Waals surface area contributed by atoms with Gasteiger partial charge in [0.25, 0.3) is 5.91 Å². The van der Waals surface area contributed by atoms with E-state index >= 15 is 0 Å². The molecule has 0 radical (unpaired) electrons. The molecule has 0 saturated heterocycles. The third-order valence-electron chi connectivity index (χ3n) is 3.48. The molecule has 2 aromatic rings. The molecule has 1 amide bonds. The third kappa shape index (κ3) is 5.28. The Labute approximate surface area is 162 Å². The fraction of sp³-hybridized carbons (Fsp3) is 0.176. The molecule has 26 heavy (non-hydrogen) atoms. The molecule has 0 atom stereocenters. The fourth-order valence-electron chi connectivity index (χ4n) is 2.03. The summed E-state index contributed by atoms with van der Waals surface area (Å²) in [7, 11) is -2.48. The quantitative estimate of drug-likeness (QED) is 0.583. The summed E-state index contributed by atoms with van der Waals surface area (Å²) in [6.45, 7) is 1.33.